The lowest BCUT2D eigenvalue weighted by Gasteiger charge is -2.57. The minimum Gasteiger partial charge on any atom is -0.484 e. The Kier molecular flexibility index (Phi) is 4.68. The van der Waals surface area contributed by atoms with E-state index in [1.807, 2.05) is 26.0 Å². The van der Waals surface area contributed by atoms with Gasteiger partial charge >= 0.3 is 0 Å². The van der Waals surface area contributed by atoms with E-state index >= 15 is 0 Å². The normalized spacial score (nSPS) is 31.5. The lowest BCUT2D eigenvalue weighted by molar-refractivity contribution is -0.121. The minimum atomic E-state index is -0.202. The Morgan fingerprint density at radius 1 is 1.08 bits per heavy atom. The molecule has 4 fully saturated rings. The van der Waals surface area contributed by atoms with Gasteiger partial charge in [0.1, 0.15) is 5.75 Å². The van der Waals surface area contributed by atoms with Crippen molar-refractivity contribution in [1.29, 1.82) is 0 Å². The van der Waals surface area contributed by atoms with Crippen LogP contribution in [0.3, 0.4) is 0 Å². The molecule has 5 rings (SSSR count). The second-order valence-corrected chi connectivity index (χ2v) is 9.22. The van der Waals surface area contributed by atoms with Crippen LogP contribution >= 0.6 is 12.2 Å². The van der Waals surface area contributed by atoms with Crippen LogP contribution in [0.25, 0.3) is 0 Å². The van der Waals surface area contributed by atoms with Crippen LogP contribution in [0, 0.1) is 31.6 Å². The number of benzene rings is 1. The summed E-state index contributed by atoms with van der Waals surface area (Å²) in [5.74, 6) is 3.06. The average molecular weight is 373 g/mol. The Bertz CT molecular complexity index is 675. The number of carbonyl (C=O) groups is 1. The molecule has 0 aliphatic heterocycles. The predicted molar refractivity (Wildman–Crippen MR) is 106 cm³/mol. The number of hydrogen-bond acceptors (Lipinski definition) is 3. The molecule has 0 saturated heterocycles. The van der Waals surface area contributed by atoms with Crippen molar-refractivity contribution in [3.63, 3.8) is 0 Å². The number of rotatable bonds is 4. The minimum absolute atomic E-state index is 0.0222. The molecule has 4 nitrogen and oxygen atoms in total. The Balaban J connectivity index is 1.29. The highest BCUT2D eigenvalue weighted by Gasteiger charge is 2.51. The summed E-state index contributed by atoms with van der Waals surface area (Å²) < 4.78 is 5.62. The van der Waals surface area contributed by atoms with Gasteiger partial charge in [-0.3, -0.25) is 4.79 Å². The summed E-state index contributed by atoms with van der Waals surface area (Å²) in [5.41, 5.74) is 2.37. The van der Waals surface area contributed by atoms with Crippen molar-refractivity contribution in [2.24, 2.45) is 17.8 Å². The summed E-state index contributed by atoms with van der Waals surface area (Å²) in [6, 6.07) is 5.95. The van der Waals surface area contributed by atoms with E-state index in [1.54, 1.807) is 0 Å². The quantitative estimate of drug-likeness (QED) is 0.793. The predicted octanol–water partition coefficient (Wildman–Crippen LogP) is 3.64. The molecule has 0 aromatic heterocycles. The van der Waals surface area contributed by atoms with Crippen molar-refractivity contribution < 1.29 is 9.53 Å². The van der Waals surface area contributed by atoms with Gasteiger partial charge < -0.3 is 15.4 Å². The van der Waals surface area contributed by atoms with E-state index in [-0.39, 0.29) is 18.1 Å². The molecule has 1 aromatic rings. The first-order valence-electron chi connectivity index (χ1n) is 9.72. The first-order valence-corrected chi connectivity index (χ1v) is 10.1. The summed E-state index contributed by atoms with van der Waals surface area (Å²) in [7, 11) is 0. The molecular formula is C21H28N2O2S. The molecule has 1 aromatic carbocycles. The van der Waals surface area contributed by atoms with E-state index in [1.165, 1.54) is 38.5 Å². The monoisotopic (exact) mass is 372 g/mol. The van der Waals surface area contributed by atoms with E-state index in [4.69, 9.17) is 17.0 Å². The molecule has 4 aliphatic rings. The number of amides is 1. The van der Waals surface area contributed by atoms with Gasteiger partial charge in [0.05, 0.1) is 0 Å². The fourth-order valence-corrected chi connectivity index (χ4v) is 6.19. The van der Waals surface area contributed by atoms with Gasteiger partial charge in [0, 0.05) is 5.54 Å². The lowest BCUT2D eigenvalue weighted by Crippen LogP contribution is -2.62. The molecule has 1 amide bonds. The van der Waals surface area contributed by atoms with Gasteiger partial charge in [0.15, 0.2) is 11.7 Å². The molecule has 0 atom stereocenters. The first kappa shape index (κ1) is 17.8. The zero-order chi connectivity index (χ0) is 18.3. The summed E-state index contributed by atoms with van der Waals surface area (Å²) in [5, 5.41) is 6.79. The molecule has 26 heavy (non-hydrogen) atoms. The van der Waals surface area contributed by atoms with Crippen LogP contribution in [-0.4, -0.2) is 23.2 Å². The van der Waals surface area contributed by atoms with Crippen LogP contribution in [0.5, 0.6) is 5.75 Å². The van der Waals surface area contributed by atoms with Gasteiger partial charge in [0.25, 0.3) is 5.91 Å². The highest BCUT2D eigenvalue weighted by atomic mass is 32.1. The van der Waals surface area contributed by atoms with E-state index in [2.05, 4.69) is 16.7 Å². The topological polar surface area (TPSA) is 50.4 Å². The molecule has 2 N–H and O–H groups in total. The number of ether oxygens (including phenoxy) is 1. The summed E-state index contributed by atoms with van der Waals surface area (Å²) in [6.45, 7) is 4.01. The third-order valence-electron chi connectivity index (χ3n) is 6.24. The van der Waals surface area contributed by atoms with E-state index in [9.17, 15) is 4.79 Å². The highest BCUT2D eigenvalue weighted by molar-refractivity contribution is 7.80. The average Bonchev–Trinajstić information content (AvgIpc) is 2.50. The summed E-state index contributed by atoms with van der Waals surface area (Å²) >= 11 is 5.44. The zero-order valence-electron chi connectivity index (χ0n) is 15.6. The van der Waals surface area contributed by atoms with Crippen LogP contribution in [0.15, 0.2) is 18.2 Å². The van der Waals surface area contributed by atoms with Crippen LogP contribution in [0.2, 0.25) is 0 Å². The molecule has 0 spiro atoms. The zero-order valence-corrected chi connectivity index (χ0v) is 16.5. The molecule has 0 unspecified atom stereocenters. The highest BCUT2D eigenvalue weighted by Crippen LogP contribution is 2.55. The summed E-state index contributed by atoms with van der Waals surface area (Å²) in [6.07, 6.45) is 7.79. The van der Waals surface area contributed by atoms with Crippen molar-refractivity contribution in [1.82, 2.24) is 10.6 Å². The maximum absolute atomic E-state index is 12.2. The molecular weight excluding hydrogens is 344 g/mol. The molecule has 140 valence electrons. The Morgan fingerprint density at radius 2 is 1.62 bits per heavy atom. The van der Waals surface area contributed by atoms with Crippen LogP contribution in [0.1, 0.15) is 49.7 Å². The standard InChI is InChI=1S/C21H28N2O2S/c1-13-3-14(2)5-18(4-13)25-12-19(24)22-20(26)23-21-9-15-6-16(10-21)8-17(7-15)11-21/h3-5,15-17H,6-12H2,1-2H3,(H2,22,23,24,26). The van der Waals surface area contributed by atoms with Crippen molar-refractivity contribution in [2.45, 2.75) is 57.9 Å². The second-order valence-electron chi connectivity index (χ2n) is 8.81. The lowest BCUT2D eigenvalue weighted by atomic mass is 9.53. The Morgan fingerprint density at radius 3 is 2.15 bits per heavy atom. The van der Waals surface area contributed by atoms with Gasteiger partial charge in [-0.15, -0.1) is 0 Å². The second kappa shape index (κ2) is 6.84. The first-order chi connectivity index (χ1) is 12.4. The van der Waals surface area contributed by atoms with Crippen molar-refractivity contribution in [2.75, 3.05) is 6.61 Å². The SMILES string of the molecule is Cc1cc(C)cc(OCC(=O)NC(=S)NC23CC4CC(CC(C4)C2)C3)c1. The van der Waals surface area contributed by atoms with Gasteiger partial charge in [-0.05, 0) is 106 Å². The third-order valence-corrected chi connectivity index (χ3v) is 6.44. The molecule has 5 heteroatoms. The van der Waals surface area contributed by atoms with Gasteiger partial charge in [-0.1, -0.05) is 6.07 Å². The van der Waals surface area contributed by atoms with Gasteiger partial charge in [-0.2, -0.15) is 0 Å². The molecule has 4 aliphatic carbocycles. The smallest absolute Gasteiger partial charge is 0.264 e. The molecule has 4 saturated carbocycles. The van der Waals surface area contributed by atoms with Crippen molar-refractivity contribution in [3.05, 3.63) is 29.3 Å². The van der Waals surface area contributed by atoms with Crippen molar-refractivity contribution in [3.8, 4) is 5.75 Å². The van der Waals surface area contributed by atoms with E-state index in [0.29, 0.717) is 5.11 Å². The maximum atomic E-state index is 12.2. The largest absolute Gasteiger partial charge is 0.484 e. The molecule has 0 radical (unpaired) electrons. The fourth-order valence-electron chi connectivity index (χ4n) is 5.86. The molecule has 4 bridgehead atoms. The van der Waals surface area contributed by atoms with E-state index in [0.717, 1.165) is 34.6 Å². The van der Waals surface area contributed by atoms with Crippen molar-refractivity contribution >= 4 is 23.2 Å². The number of thiocarbonyl (C=S) groups is 1. The Labute approximate surface area is 161 Å². The number of aryl methyl sites for hydroxylation is 2. The number of nitrogens with one attached hydrogen (secondary N) is 2. The Hall–Kier alpha value is -1.62. The van der Waals surface area contributed by atoms with Crippen LogP contribution in [-0.2, 0) is 4.79 Å². The molecule has 0 heterocycles. The van der Waals surface area contributed by atoms with Gasteiger partial charge in [0.2, 0.25) is 0 Å². The maximum Gasteiger partial charge on any atom is 0.264 e. The summed E-state index contributed by atoms with van der Waals surface area (Å²) in [4.78, 5) is 12.2. The van der Waals surface area contributed by atoms with E-state index < -0.39 is 0 Å². The van der Waals surface area contributed by atoms with Crippen LogP contribution in [0.4, 0.5) is 0 Å². The number of hydrogen-bond donors (Lipinski definition) is 2. The fraction of sp³-hybridized carbons (Fsp3) is 0.619. The van der Waals surface area contributed by atoms with Gasteiger partial charge in [-0.25, -0.2) is 0 Å². The van der Waals surface area contributed by atoms with Crippen LogP contribution < -0.4 is 15.4 Å². The third kappa shape index (κ3) is 3.88. The number of carbonyl (C=O) groups excluding carboxylic acids is 1.